The zero-order valence-electron chi connectivity index (χ0n) is 8.75. The van der Waals surface area contributed by atoms with Crippen molar-refractivity contribution in [3.63, 3.8) is 0 Å². The number of rotatable bonds is 5. The van der Waals surface area contributed by atoms with Crippen LogP contribution in [0.15, 0.2) is 34.5 Å². The molecule has 1 rings (SSSR count). The van der Waals surface area contributed by atoms with Crippen LogP contribution in [0.4, 0.5) is 0 Å². The predicted octanol–water partition coefficient (Wildman–Crippen LogP) is 3.14. The van der Waals surface area contributed by atoms with Crippen LogP contribution < -0.4 is 0 Å². The van der Waals surface area contributed by atoms with Crippen molar-refractivity contribution in [1.29, 1.82) is 0 Å². The Labute approximate surface area is 84.6 Å². The molecule has 0 fully saturated rings. The van der Waals surface area contributed by atoms with Gasteiger partial charge in [-0.2, -0.15) is 0 Å². The highest BCUT2D eigenvalue weighted by atomic mass is 16.3. The molecule has 0 spiro atoms. The zero-order chi connectivity index (χ0) is 10.4. The van der Waals surface area contributed by atoms with Crippen LogP contribution in [-0.2, 0) is 11.2 Å². The lowest BCUT2D eigenvalue weighted by Crippen LogP contribution is -1.99. The third-order valence-corrected chi connectivity index (χ3v) is 2.28. The second kappa shape index (κ2) is 5.43. The fraction of sp³-hybridized carbons (Fsp3) is 0.417. The van der Waals surface area contributed by atoms with E-state index in [1.807, 2.05) is 32.1 Å². The van der Waals surface area contributed by atoms with Gasteiger partial charge in [0.2, 0.25) is 0 Å². The van der Waals surface area contributed by atoms with Crippen LogP contribution >= 0.6 is 0 Å². The number of allylic oxidation sites excluding steroid dienone is 2. The number of carbonyl (C=O) groups is 1. The standard InChI is InChI=1S/C12H16O2/c1-3-10(2)12(13)8-4-6-11-7-5-9-14-11/h3,5,7,9H,4,6,8H2,1-2H3/b10-3+. The fourth-order valence-corrected chi connectivity index (χ4v) is 1.24. The van der Waals surface area contributed by atoms with Gasteiger partial charge in [-0.15, -0.1) is 0 Å². The van der Waals surface area contributed by atoms with Crippen LogP contribution in [0.2, 0.25) is 0 Å². The summed E-state index contributed by atoms with van der Waals surface area (Å²) >= 11 is 0. The van der Waals surface area contributed by atoms with Crippen LogP contribution in [0.1, 0.15) is 32.4 Å². The summed E-state index contributed by atoms with van der Waals surface area (Å²) in [4.78, 5) is 11.4. The van der Waals surface area contributed by atoms with Gasteiger partial charge in [-0.05, 0) is 38.0 Å². The van der Waals surface area contributed by atoms with Gasteiger partial charge >= 0.3 is 0 Å². The van der Waals surface area contributed by atoms with E-state index in [0.29, 0.717) is 6.42 Å². The number of ketones is 1. The van der Waals surface area contributed by atoms with Gasteiger partial charge in [0.25, 0.3) is 0 Å². The zero-order valence-corrected chi connectivity index (χ0v) is 8.75. The molecule has 0 saturated carbocycles. The van der Waals surface area contributed by atoms with E-state index in [1.165, 1.54) is 0 Å². The summed E-state index contributed by atoms with van der Waals surface area (Å²) in [5, 5.41) is 0. The Hall–Kier alpha value is -1.31. The Morgan fingerprint density at radius 3 is 2.93 bits per heavy atom. The van der Waals surface area contributed by atoms with E-state index in [4.69, 9.17) is 4.42 Å². The molecule has 0 unspecified atom stereocenters. The van der Waals surface area contributed by atoms with E-state index in [0.717, 1.165) is 24.2 Å². The summed E-state index contributed by atoms with van der Waals surface area (Å²) in [6.07, 6.45) is 5.83. The van der Waals surface area contributed by atoms with Crippen LogP contribution in [0.25, 0.3) is 0 Å². The molecule has 0 amide bonds. The minimum Gasteiger partial charge on any atom is -0.469 e. The Morgan fingerprint density at radius 2 is 2.36 bits per heavy atom. The second-order valence-corrected chi connectivity index (χ2v) is 3.33. The SMILES string of the molecule is C/C=C(\C)C(=O)CCCc1ccco1. The number of carbonyl (C=O) groups excluding carboxylic acids is 1. The number of Topliss-reactive ketones (excluding diaryl/α,β-unsaturated/α-hetero) is 1. The van der Waals surface area contributed by atoms with Gasteiger partial charge in [0.05, 0.1) is 6.26 Å². The first-order valence-corrected chi connectivity index (χ1v) is 4.92. The highest BCUT2D eigenvalue weighted by molar-refractivity contribution is 5.94. The fourth-order valence-electron chi connectivity index (χ4n) is 1.24. The molecule has 2 heteroatoms. The van der Waals surface area contributed by atoms with Crippen molar-refractivity contribution in [2.24, 2.45) is 0 Å². The van der Waals surface area contributed by atoms with Crippen LogP contribution in [0.3, 0.4) is 0 Å². The number of hydrogen-bond acceptors (Lipinski definition) is 2. The second-order valence-electron chi connectivity index (χ2n) is 3.33. The Morgan fingerprint density at radius 1 is 1.57 bits per heavy atom. The van der Waals surface area contributed by atoms with E-state index in [1.54, 1.807) is 6.26 Å². The van der Waals surface area contributed by atoms with E-state index in [2.05, 4.69) is 0 Å². The van der Waals surface area contributed by atoms with E-state index >= 15 is 0 Å². The average molecular weight is 192 g/mol. The molecule has 0 aliphatic rings. The molecule has 0 atom stereocenters. The van der Waals surface area contributed by atoms with Gasteiger partial charge in [0.1, 0.15) is 5.76 Å². The number of aryl methyl sites for hydroxylation is 1. The highest BCUT2D eigenvalue weighted by Crippen LogP contribution is 2.08. The van der Waals surface area contributed by atoms with Gasteiger partial charge in [0, 0.05) is 12.8 Å². The first-order valence-electron chi connectivity index (χ1n) is 4.92. The summed E-state index contributed by atoms with van der Waals surface area (Å²) in [6, 6.07) is 3.81. The molecule has 0 saturated heterocycles. The van der Waals surface area contributed by atoms with Crippen molar-refractivity contribution in [1.82, 2.24) is 0 Å². The van der Waals surface area contributed by atoms with Gasteiger partial charge < -0.3 is 4.42 Å². The molecule has 0 radical (unpaired) electrons. The van der Waals surface area contributed by atoms with Gasteiger partial charge in [-0.3, -0.25) is 4.79 Å². The third-order valence-electron chi connectivity index (χ3n) is 2.28. The summed E-state index contributed by atoms with van der Waals surface area (Å²) in [6.45, 7) is 3.75. The Balaban J connectivity index is 2.25. The largest absolute Gasteiger partial charge is 0.469 e. The van der Waals surface area contributed by atoms with Gasteiger partial charge in [-0.25, -0.2) is 0 Å². The van der Waals surface area contributed by atoms with Crippen LogP contribution in [0, 0.1) is 0 Å². The van der Waals surface area contributed by atoms with Gasteiger partial charge in [0.15, 0.2) is 5.78 Å². The van der Waals surface area contributed by atoms with E-state index in [9.17, 15) is 4.79 Å². The molecule has 2 nitrogen and oxygen atoms in total. The Bertz CT molecular complexity index is 307. The van der Waals surface area contributed by atoms with Crippen LogP contribution in [0.5, 0.6) is 0 Å². The van der Waals surface area contributed by atoms with Crippen molar-refractivity contribution in [2.75, 3.05) is 0 Å². The molecular formula is C12H16O2. The van der Waals surface area contributed by atoms with Gasteiger partial charge in [-0.1, -0.05) is 6.08 Å². The lowest BCUT2D eigenvalue weighted by molar-refractivity contribution is -0.115. The summed E-state index contributed by atoms with van der Waals surface area (Å²) < 4.78 is 5.18. The lowest BCUT2D eigenvalue weighted by Gasteiger charge is -1.98. The quantitative estimate of drug-likeness (QED) is 0.671. The predicted molar refractivity (Wildman–Crippen MR) is 56.1 cm³/mol. The van der Waals surface area contributed by atoms with Crippen molar-refractivity contribution < 1.29 is 9.21 Å². The molecule has 0 aliphatic heterocycles. The van der Waals surface area contributed by atoms with Crippen molar-refractivity contribution in [3.8, 4) is 0 Å². The monoisotopic (exact) mass is 192 g/mol. The topological polar surface area (TPSA) is 30.2 Å². The third kappa shape index (κ3) is 3.21. The molecule has 0 aliphatic carbocycles. The maximum atomic E-state index is 11.4. The highest BCUT2D eigenvalue weighted by Gasteiger charge is 2.03. The summed E-state index contributed by atoms with van der Waals surface area (Å²) in [5.74, 6) is 1.19. The molecule has 1 aromatic heterocycles. The van der Waals surface area contributed by atoms with E-state index in [-0.39, 0.29) is 5.78 Å². The normalized spacial score (nSPS) is 11.7. The molecule has 1 aromatic rings. The number of furan rings is 1. The maximum Gasteiger partial charge on any atom is 0.158 e. The first kappa shape index (κ1) is 10.8. The van der Waals surface area contributed by atoms with Crippen molar-refractivity contribution >= 4 is 5.78 Å². The van der Waals surface area contributed by atoms with Crippen molar-refractivity contribution in [2.45, 2.75) is 33.1 Å². The molecule has 14 heavy (non-hydrogen) atoms. The maximum absolute atomic E-state index is 11.4. The first-order chi connectivity index (χ1) is 6.74. The molecule has 0 N–H and O–H groups in total. The van der Waals surface area contributed by atoms with E-state index < -0.39 is 0 Å². The minimum atomic E-state index is 0.235. The Kier molecular flexibility index (Phi) is 4.17. The van der Waals surface area contributed by atoms with Crippen LogP contribution in [-0.4, -0.2) is 5.78 Å². The average Bonchev–Trinajstić information content (AvgIpc) is 2.69. The molecular weight excluding hydrogens is 176 g/mol. The number of hydrogen-bond donors (Lipinski definition) is 0. The smallest absolute Gasteiger partial charge is 0.158 e. The minimum absolute atomic E-state index is 0.235. The molecule has 76 valence electrons. The summed E-state index contributed by atoms with van der Waals surface area (Å²) in [5.41, 5.74) is 0.851. The van der Waals surface area contributed by atoms with Crippen molar-refractivity contribution in [3.05, 3.63) is 35.8 Å². The summed E-state index contributed by atoms with van der Waals surface area (Å²) in [7, 11) is 0. The molecule has 0 aromatic carbocycles. The molecule has 1 heterocycles. The lowest BCUT2D eigenvalue weighted by atomic mass is 10.1. The molecule has 0 bridgehead atoms.